The standard InChI is InChI=1S/2C35H24/c1-23-21-22-33(27-15-5-4-13-25(23)27)35-31-18-8-6-16-29(31)34(30-17-7-9-19-32(30)35)28-20-10-12-24-11-2-3-14-26(24)28;1-23-18-21-33(28-13-5-4-12-27(23)28)35-31-16-8-6-14-29(31)34(30-15-7-9-17-32(30)35)26-20-19-24-10-2-3-11-25(24)22-26/h2*2-22H,1H3. The largest absolute Gasteiger partial charge is 0.0616 e. The molecule has 14 aromatic rings. The van der Waals surface area contributed by atoms with Crippen molar-refractivity contribution in [1.29, 1.82) is 0 Å². The van der Waals surface area contributed by atoms with Gasteiger partial charge in [-0.25, -0.2) is 0 Å². The highest BCUT2D eigenvalue weighted by Crippen LogP contribution is 2.48. The van der Waals surface area contributed by atoms with Crippen molar-refractivity contribution in [2.24, 2.45) is 0 Å². The summed E-state index contributed by atoms with van der Waals surface area (Å²) in [6.45, 7) is 4.40. The molecule has 14 aromatic carbocycles. The molecule has 0 aliphatic heterocycles. The topological polar surface area (TPSA) is 0 Å². The lowest BCUT2D eigenvalue weighted by Gasteiger charge is -2.20. The summed E-state index contributed by atoms with van der Waals surface area (Å²) in [4.78, 5) is 0. The van der Waals surface area contributed by atoms with Crippen LogP contribution < -0.4 is 0 Å². The van der Waals surface area contributed by atoms with Crippen molar-refractivity contribution in [3.8, 4) is 44.5 Å². The molecule has 14 rings (SSSR count). The molecular weight excluding hydrogens is 841 g/mol. The quantitative estimate of drug-likeness (QED) is 0.155. The number of rotatable bonds is 4. The number of aryl methyl sites for hydroxylation is 2. The van der Waals surface area contributed by atoms with E-state index < -0.39 is 0 Å². The molecule has 0 radical (unpaired) electrons. The molecule has 0 spiro atoms. The van der Waals surface area contributed by atoms with Crippen LogP contribution in [0.3, 0.4) is 0 Å². The van der Waals surface area contributed by atoms with E-state index in [0.29, 0.717) is 0 Å². The Balaban J connectivity index is 0.000000137. The molecule has 0 nitrogen and oxygen atoms in total. The first-order valence-electron chi connectivity index (χ1n) is 24.4. The van der Waals surface area contributed by atoms with Gasteiger partial charge in [0.15, 0.2) is 0 Å². The van der Waals surface area contributed by atoms with Gasteiger partial charge in [0.2, 0.25) is 0 Å². The van der Waals surface area contributed by atoms with Crippen LogP contribution in [0.4, 0.5) is 0 Å². The first-order valence-corrected chi connectivity index (χ1v) is 24.4. The van der Waals surface area contributed by atoms with Gasteiger partial charge >= 0.3 is 0 Å². The Morgan fingerprint density at radius 2 is 0.500 bits per heavy atom. The normalized spacial score (nSPS) is 11.6. The molecule has 70 heavy (non-hydrogen) atoms. The van der Waals surface area contributed by atoms with E-state index in [1.54, 1.807) is 0 Å². The first kappa shape index (κ1) is 41.4. The Bertz CT molecular complexity index is 4250. The van der Waals surface area contributed by atoms with Crippen molar-refractivity contribution in [1.82, 2.24) is 0 Å². The van der Waals surface area contributed by atoms with Crippen molar-refractivity contribution in [3.63, 3.8) is 0 Å². The molecule has 0 saturated carbocycles. The molecule has 0 bridgehead atoms. The minimum Gasteiger partial charge on any atom is -0.0616 e. The molecular formula is C70H48. The number of benzene rings is 14. The highest BCUT2D eigenvalue weighted by Gasteiger charge is 2.21. The van der Waals surface area contributed by atoms with Gasteiger partial charge in [0.25, 0.3) is 0 Å². The summed E-state index contributed by atoms with van der Waals surface area (Å²) in [5.74, 6) is 0. The Labute approximate surface area is 408 Å². The fourth-order valence-corrected chi connectivity index (χ4v) is 11.6. The van der Waals surface area contributed by atoms with Crippen LogP contribution in [0.25, 0.3) is 131 Å². The maximum absolute atomic E-state index is 2.34. The molecule has 0 saturated heterocycles. The van der Waals surface area contributed by atoms with E-state index in [0.717, 1.165) is 0 Å². The predicted molar refractivity (Wildman–Crippen MR) is 304 cm³/mol. The summed E-state index contributed by atoms with van der Waals surface area (Å²) in [7, 11) is 0. The Morgan fingerprint density at radius 3 is 0.943 bits per heavy atom. The Kier molecular flexibility index (Phi) is 10.1. The lowest BCUT2D eigenvalue weighted by Crippen LogP contribution is -1.92. The minimum absolute atomic E-state index is 1.26. The summed E-state index contributed by atoms with van der Waals surface area (Å²) in [5.41, 5.74) is 13.0. The van der Waals surface area contributed by atoms with E-state index in [4.69, 9.17) is 0 Å². The second kappa shape index (κ2) is 17.0. The Morgan fingerprint density at radius 1 is 0.186 bits per heavy atom. The highest BCUT2D eigenvalue weighted by molar-refractivity contribution is 6.26. The van der Waals surface area contributed by atoms with Gasteiger partial charge in [-0.3, -0.25) is 0 Å². The predicted octanol–water partition coefficient (Wildman–Crippen LogP) is 19.9. The van der Waals surface area contributed by atoms with E-state index >= 15 is 0 Å². The van der Waals surface area contributed by atoms with Crippen LogP contribution in [0.5, 0.6) is 0 Å². The van der Waals surface area contributed by atoms with Gasteiger partial charge in [0.1, 0.15) is 0 Å². The van der Waals surface area contributed by atoms with Crippen molar-refractivity contribution in [2.75, 3.05) is 0 Å². The van der Waals surface area contributed by atoms with Crippen molar-refractivity contribution < 1.29 is 0 Å². The average molecular weight is 889 g/mol. The van der Waals surface area contributed by atoms with Crippen LogP contribution in [-0.4, -0.2) is 0 Å². The van der Waals surface area contributed by atoms with Gasteiger partial charge in [0.05, 0.1) is 0 Å². The van der Waals surface area contributed by atoms with E-state index in [1.165, 1.54) is 142 Å². The van der Waals surface area contributed by atoms with Gasteiger partial charge < -0.3 is 0 Å². The number of hydrogen-bond acceptors (Lipinski definition) is 0. The number of hydrogen-bond donors (Lipinski definition) is 0. The fourth-order valence-electron chi connectivity index (χ4n) is 11.6. The van der Waals surface area contributed by atoms with Crippen LogP contribution >= 0.6 is 0 Å². The van der Waals surface area contributed by atoms with Crippen molar-refractivity contribution in [3.05, 3.63) is 266 Å². The minimum atomic E-state index is 1.26. The van der Waals surface area contributed by atoms with Gasteiger partial charge in [-0.2, -0.15) is 0 Å². The molecule has 0 amide bonds. The van der Waals surface area contributed by atoms with Crippen LogP contribution in [0, 0.1) is 13.8 Å². The molecule has 0 fully saturated rings. The van der Waals surface area contributed by atoms with E-state index in [1.807, 2.05) is 0 Å². The van der Waals surface area contributed by atoms with Gasteiger partial charge in [-0.05, 0) is 162 Å². The van der Waals surface area contributed by atoms with Crippen LogP contribution in [-0.2, 0) is 0 Å². The molecule has 0 aliphatic rings. The van der Waals surface area contributed by atoms with Crippen LogP contribution in [0.15, 0.2) is 255 Å². The molecule has 0 heteroatoms. The summed E-state index contributed by atoms with van der Waals surface area (Å²) in [5, 5.41) is 20.7. The molecule has 0 N–H and O–H groups in total. The van der Waals surface area contributed by atoms with Gasteiger partial charge in [0, 0.05) is 0 Å². The van der Waals surface area contributed by atoms with Crippen LogP contribution in [0.2, 0.25) is 0 Å². The third-order valence-electron chi connectivity index (χ3n) is 14.8. The summed E-state index contributed by atoms with van der Waals surface area (Å²) < 4.78 is 0. The van der Waals surface area contributed by atoms with E-state index in [2.05, 4.69) is 269 Å². The lowest BCUT2D eigenvalue weighted by molar-refractivity contribution is 1.53. The average Bonchev–Trinajstić information content (AvgIpc) is 3.42. The molecule has 0 aliphatic carbocycles. The summed E-state index contributed by atoms with van der Waals surface area (Å²) >= 11 is 0. The zero-order valence-corrected chi connectivity index (χ0v) is 39.2. The zero-order chi connectivity index (χ0) is 46.7. The SMILES string of the molecule is Cc1ccc(-c2c3ccccc3c(-c3ccc4ccccc4c3)c3ccccc23)c2ccccc12.Cc1ccc(-c2c3ccccc3c(-c3cccc4ccccc34)c3ccccc23)c2ccccc12. The number of fused-ring (bicyclic) bond motifs is 8. The molecule has 0 atom stereocenters. The smallest absolute Gasteiger partial charge is 0.00201 e. The van der Waals surface area contributed by atoms with E-state index in [9.17, 15) is 0 Å². The maximum atomic E-state index is 2.34. The van der Waals surface area contributed by atoms with E-state index in [-0.39, 0.29) is 0 Å². The van der Waals surface area contributed by atoms with Gasteiger partial charge in [-0.1, -0.05) is 249 Å². The van der Waals surface area contributed by atoms with Crippen molar-refractivity contribution >= 4 is 86.2 Å². The molecule has 0 heterocycles. The van der Waals surface area contributed by atoms with Crippen molar-refractivity contribution in [2.45, 2.75) is 13.8 Å². The first-order chi connectivity index (χ1) is 34.6. The highest BCUT2D eigenvalue weighted by atomic mass is 14.2. The second-order valence-electron chi connectivity index (χ2n) is 18.7. The third-order valence-corrected chi connectivity index (χ3v) is 14.8. The third kappa shape index (κ3) is 6.75. The zero-order valence-electron chi connectivity index (χ0n) is 39.2. The summed E-state index contributed by atoms with van der Waals surface area (Å²) in [6.07, 6.45) is 0. The Hall–Kier alpha value is -8.84. The fraction of sp³-hybridized carbons (Fsp3) is 0.0286. The summed E-state index contributed by atoms with van der Waals surface area (Å²) in [6, 6.07) is 93.2. The van der Waals surface area contributed by atoms with Crippen LogP contribution in [0.1, 0.15) is 11.1 Å². The maximum Gasteiger partial charge on any atom is -0.00201 e. The molecule has 0 unspecified atom stereocenters. The monoisotopic (exact) mass is 888 g/mol. The second-order valence-corrected chi connectivity index (χ2v) is 18.7. The lowest BCUT2D eigenvalue weighted by atomic mass is 9.83. The molecule has 328 valence electrons. The molecule has 0 aromatic heterocycles. The van der Waals surface area contributed by atoms with Gasteiger partial charge in [-0.15, -0.1) is 0 Å².